The highest BCUT2D eigenvalue weighted by molar-refractivity contribution is 5.92. The molecule has 1 aliphatic carbocycles. The summed E-state index contributed by atoms with van der Waals surface area (Å²) in [7, 11) is 0. The van der Waals surface area contributed by atoms with Crippen molar-refractivity contribution in [2.45, 2.75) is 51.6 Å². The second-order valence-electron chi connectivity index (χ2n) is 7.44. The van der Waals surface area contributed by atoms with Gasteiger partial charge in [0.1, 0.15) is 18.2 Å². The summed E-state index contributed by atoms with van der Waals surface area (Å²) in [5.74, 6) is 2.11. The maximum atomic E-state index is 12.3. The molecule has 1 aliphatic rings. The van der Waals surface area contributed by atoms with E-state index in [1.165, 1.54) is 32.1 Å². The number of carbonyl (C=O) groups excluding carboxylic acids is 1. The molecule has 0 atom stereocenters. The second-order valence-corrected chi connectivity index (χ2v) is 7.44. The zero-order chi connectivity index (χ0) is 20.1. The van der Waals surface area contributed by atoms with Crippen LogP contribution in [0.15, 0.2) is 42.5 Å². The van der Waals surface area contributed by atoms with E-state index in [1.54, 1.807) is 0 Å². The molecule has 152 valence electrons. The van der Waals surface area contributed by atoms with E-state index in [1.807, 2.05) is 49.4 Å². The van der Waals surface area contributed by atoms with Crippen molar-refractivity contribution in [1.82, 2.24) is 9.97 Å². The lowest BCUT2D eigenvalue weighted by atomic mass is 9.89. The van der Waals surface area contributed by atoms with Gasteiger partial charge in [0.2, 0.25) is 0 Å². The Bertz CT molecular complexity index is 962. The summed E-state index contributed by atoms with van der Waals surface area (Å²) < 4.78 is 11.1. The number of ether oxygens (including phenoxy) is 2. The van der Waals surface area contributed by atoms with Crippen LogP contribution in [0.3, 0.4) is 0 Å². The van der Waals surface area contributed by atoms with Gasteiger partial charge >= 0.3 is 6.09 Å². The van der Waals surface area contributed by atoms with Crippen LogP contribution in [0.4, 0.5) is 10.5 Å². The van der Waals surface area contributed by atoms with E-state index in [-0.39, 0.29) is 6.61 Å². The van der Waals surface area contributed by atoms with Crippen LogP contribution in [0.25, 0.3) is 11.0 Å². The van der Waals surface area contributed by atoms with Gasteiger partial charge in [-0.25, -0.2) is 9.78 Å². The normalized spacial score (nSPS) is 14.7. The van der Waals surface area contributed by atoms with Crippen LogP contribution in [-0.4, -0.2) is 22.7 Å². The SMILES string of the molecule is CCOc1cc2nc(C3CCCCC3)[nH]c2cc1NC(=O)OCc1ccccc1. The quantitative estimate of drug-likeness (QED) is 0.558. The highest BCUT2D eigenvalue weighted by Crippen LogP contribution is 2.35. The number of fused-ring (bicyclic) bond motifs is 1. The number of benzene rings is 2. The molecule has 1 amide bonds. The van der Waals surface area contributed by atoms with Crippen LogP contribution in [0.1, 0.15) is 56.3 Å². The minimum Gasteiger partial charge on any atom is -0.492 e. The Hall–Kier alpha value is -3.02. The highest BCUT2D eigenvalue weighted by atomic mass is 16.5. The van der Waals surface area contributed by atoms with Gasteiger partial charge in [-0.15, -0.1) is 0 Å². The predicted molar refractivity (Wildman–Crippen MR) is 113 cm³/mol. The first-order chi connectivity index (χ1) is 14.2. The van der Waals surface area contributed by atoms with Crippen LogP contribution in [0.2, 0.25) is 0 Å². The monoisotopic (exact) mass is 393 g/mol. The Morgan fingerprint density at radius 2 is 1.97 bits per heavy atom. The number of hydrogen-bond acceptors (Lipinski definition) is 4. The predicted octanol–water partition coefficient (Wildman–Crippen LogP) is 5.76. The van der Waals surface area contributed by atoms with Gasteiger partial charge in [-0.05, 0) is 31.4 Å². The van der Waals surface area contributed by atoms with Gasteiger partial charge in [0.05, 0.1) is 23.3 Å². The number of anilines is 1. The van der Waals surface area contributed by atoms with Crippen LogP contribution in [0, 0.1) is 0 Å². The molecule has 0 aliphatic heterocycles. The smallest absolute Gasteiger partial charge is 0.412 e. The van der Waals surface area contributed by atoms with Crippen molar-refractivity contribution in [3.05, 3.63) is 53.9 Å². The summed E-state index contributed by atoms with van der Waals surface area (Å²) in [6.07, 6.45) is 5.66. The molecule has 4 rings (SSSR count). The molecule has 6 nitrogen and oxygen atoms in total. The third-order valence-corrected chi connectivity index (χ3v) is 5.34. The van der Waals surface area contributed by atoms with Crippen molar-refractivity contribution in [2.24, 2.45) is 0 Å². The zero-order valence-corrected chi connectivity index (χ0v) is 16.7. The number of aromatic amines is 1. The number of nitrogens with one attached hydrogen (secondary N) is 2. The van der Waals surface area contributed by atoms with Gasteiger partial charge < -0.3 is 14.5 Å². The zero-order valence-electron chi connectivity index (χ0n) is 16.7. The number of imidazole rings is 1. The molecule has 0 bridgehead atoms. The van der Waals surface area contributed by atoms with E-state index in [0.29, 0.717) is 24.0 Å². The maximum Gasteiger partial charge on any atom is 0.412 e. The fourth-order valence-corrected chi connectivity index (χ4v) is 3.87. The third kappa shape index (κ3) is 4.70. The van der Waals surface area contributed by atoms with Crippen molar-refractivity contribution < 1.29 is 14.3 Å². The van der Waals surface area contributed by atoms with Crippen molar-refractivity contribution in [1.29, 1.82) is 0 Å². The largest absolute Gasteiger partial charge is 0.492 e. The molecule has 2 aromatic carbocycles. The maximum absolute atomic E-state index is 12.3. The summed E-state index contributed by atoms with van der Waals surface area (Å²) in [5, 5.41) is 2.81. The topological polar surface area (TPSA) is 76.2 Å². The third-order valence-electron chi connectivity index (χ3n) is 5.34. The summed E-state index contributed by atoms with van der Waals surface area (Å²) in [6.45, 7) is 2.63. The molecule has 1 aromatic heterocycles. The second kappa shape index (κ2) is 8.99. The van der Waals surface area contributed by atoms with Crippen molar-refractivity contribution in [3.8, 4) is 5.75 Å². The molecule has 6 heteroatoms. The standard InChI is InChI=1S/C23H27N3O3/c1-2-28-21-14-19-18(24-22(25-19)17-11-7-4-8-12-17)13-20(21)26-23(27)29-15-16-9-5-3-6-10-16/h3,5-6,9-10,13-14,17H,2,4,7-8,11-12,15H2,1H3,(H,24,25)(H,26,27). The number of nitrogens with zero attached hydrogens (tertiary/aromatic N) is 1. The first-order valence-electron chi connectivity index (χ1n) is 10.4. The molecular weight excluding hydrogens is 366 g/mol. The summed E-state index contributed by atoms with van der Waals surface area (Å²) in [4.78, 5) is 20.6. The fourth-order valence-electron chi connectivity index (χ4n) is 3.87. The number of carbonyl (C=O) groups is 1. The summed E-state index contributed by atoms with van der Waals surface area (Å²) in [6, 6.07) is 13.4. The Balaban J connectivity index is 1.51. The number of aromatic nitrogens is 2. The molecule has 0 radical (unpaired) electrons. The molecule has 1 fully saturated rings. The number of hydrogen-bond donors (Lipinski definition) is 2. The fraction of sp³-hybridized carbons (Fsp3) is 0.391. The van der Waals surface area contributed by atoms with Crippen LogP contribution in [0.5, 0.6) is 5.75 Å². The van der Waals surface area contributed by atoms with Gasteiger partial charge in [0.15, 0.2) is 0 Å². The lowest BCUT2D eigenvalue weighted by Crippen LogP contribution is -2.14. The van der Waals surface area contributed by atoms with Gasteiger partial charge in [-0.1, -0.05) is 49.6 Å². The summed E-state index contributed by atoms with van der Waals surface area (Å²) >= 11 is 0. The Kier molecular flexibility index (Phi) is 5.98. The molecule has 29 heavy (non-hydrogen) atoms. The van der Waals surface area contributed by atoms with Crippen molar-refractivity contribution in [3.63, 3.8) is 0 Å². The molecule has 1 heterocycles. The Morgan fingerprint density at radius 1 is 1.17 bits per heavy atom. The first-order valence-corrected chi connectivity index (χ1v) is 10.4. The lowest BCUT2D eigenvalue weighted by Gasteiger charge is -2.18. The molecule has 3 aromatic rings. The molecule has 0 spiro atoms. The van der Waals surface area contributed by atoms with Crippen LogP contribution < -0.4 is 10.1 Å². The van der Waals surface area contributed by atoms with Gasteiger partial charge in [-0.3, -0.25) is 5.32 Å². The van der Waals surface area contributed by atoms with Crippen LogP contribution >= 0.6 is 0 Å². The van der Waals surface area contributed by atoms with Gasteiger partial charge in [0, 0.05) is 12.0 Å². The Morgan fingerprint density at radius 3 is 2.72 bits per heavy atom. The first kappa shape index (κ1) is 19.3. The number of rotatable bonds is 6. The van der Waals surface area contributed by atoms with E-state index >= 15 is 0 Å². The van der Waals surface area contributed by atoms with E-state index < -0.39 is 6.09 Å². The van der Waals surface area contributed by atoms with Crippen LogP contribution in [-0.2, 0) is 11.3 Å². The van der Waals surface area contributed by atoms with E-state index in [2.05, 4.69) is 10.3 Å². The molecule has 0 unspecified atom stereocenters. The molecule has 2 N–H and O–H groups in total. The average Bonchev–Trinajstić information content (AvgIpc) is 3.17. The summed E-state index contributed by atoms with van der Waals surface area (Å²) in [5.41, 5.74) is 3.27. The van der Waals surface area contributed by atoms with Gasteiger partial charge in [0.25, 0.3) is 0 Å². The minimum atomic E-state index is -0.513. The lowest BCUT2D eigenvalue weighted by molar-refractivity contribution is 0.155. The van der Waals surface area contributed by atoms with E-state index in [4.69, 9.17) is 14.5 Å². The van der Waals surface area contributed by atoms with Gasteiger partial charge in [-0.2, -0.15) is 0 Å². The van der Waals surface area contributed by atoms with E-state index in [9.17, 15) is 4.79 Å². The number of amides is 1. The average molecular weight is 393 g/mol. The molecule has 0 saturated heterocycles. The molecule has 1 saturated carbocycles. The Labute approximate surface area is 170 Å². The highest BCUT2D eigenvalue weighted by Gasteiger charge is 2.20. The van der Waals surface area contributed by atoms with E-state index in [0.717, 1.165) is 22.4 Å². The van der Waals surface area contributed by atoms with Crippen molar-refractivity contribution in [2.75, 3.05) is 11.9 Å². The van der Waals surface area contributed by atoms with Crippen molar-refractivity contribution >= 4 is 22.8 Å². The number of H-pyrrole nitrogens is 1. The molecular formula is C23H27N3O3. The minimum absolute atomic E-state index is 0.217.